The zero-order chi connectivity index (χ0) is 15.2. The summed E-state index contributed by atoms with van der Waals surface area (Å²) in [5.74, 6) is 0.312. The number of ether oxygens (including phenoxy) is 1. The quantitative estimate of drug-likeness (QED) is 0.807. The number of nitrogens with zero attached hydrogens (tertiary/aromatic N) is 1. The Kier molecular flexibility index (Phi) is 5.70. The summed E-state index contributed by atoms with van der Waals surface area (Å²) in [5.41, 5.74) is 0.903. The lowest BCUT2D eigenvalue weighted by Crippen LogP contribution is -2.19. The lowest BCUT2D eigenvalue weighted by atomic mass is 10.1. The molecule has 0 saturated carbocycles. The zero-order valence-corrected chi connectivity index (χ0v) is 13.7. The molecule has 0 fully saturated rings. The van der Waals surface area contributed by atoms with Crippen LogP contribution >= 0.6 is 15.9 Å². The molecule has 21 heavy (non-hydrogen) atoms. The van der Waals surface area contributed by atoms with Crippen LogP contribution in [-0.2, 0) is 0 Å². The summed E-state index contributed by atoms with van der Waals surface area (Å²) >= 11 is 3.30. The summed E-state index contributed by atoms with van der Waals surface area (Å²) in [6.45, 7) is 5.03. The fourth-order valence-electron chi connectivity index (χ4n) is 1.92. The molecule has 0 aliphatic rings. The molecule has 0 radical (unpaired) electrons. The highest BCUT2D eigenvalue weighted by atomic mass is 79.9. The molecule has 1 N–H and O–H groups in total. The second kappa shape index (κ2) is 7.52. The van der Waals surface area contributed by atoms with Gasteiger partial charge in [0.1, 0.15) is 5.75 Å². The summed E-state index contributed by atoms with van der Waals surface area (Å²) in [6.07, 6.45) is 4.24. The van der Waals surface area contributed by atoms with Gasteiger partial charge in [-0.1, -0.05) is 13.0 Å². The number of rotatable bonds is 6. The third kappa shape index (κ3) is 4.51. The van der Waals surface area contributed by atoms with E-state index in [1.165, 1.54) is 6.07 Å². The molecule has 2 rings (SSSR count). The Labute approximate surface area is 132 Å². The molecule has 1 atom stereocenters. The van der Waals surface area contributed by atoms with E-state index >= 15 is 0 Å². The summed E-state index contributed by atoms with van der Waals surface area (Å²) in [6, 6.07) is 6.88. The minimum atomic E-state index is -0.377. The van der Waals surface area contributed by atoms with Crippen LogP contribution < -0.4 is 10.1 Å². The summed E-state index contributed by atoms with van der Waals surface area (Å²) in [5, 5.41) is 3.33. The molecule has 0 aliphatic carbocycles. The molecule has 2 aromatic rings. The van der Waals surface area contributed by atoms with Gasteiger partial charge in [-0.3, -0.25) is 4.98 Å². The third-order valence-electron chi connectivity index (χ3n) is 3.06. The Bertz CT molecular complexity index is 607. The van der Waals surface area contributed by atoms with Gasteiger partial charge in [0.05, 0.1) is 6.20 Å². The first-order valence-electron chi connectivity index (χ1n) is 6.91. The van der Waals surface area contributed by atoms with E-state index in [4.69, 9.17) is 4.74 Å². The van der Waals surface area contributed by atoms with E-state index in [0.717, 1.165) is 23.0 Å². The number of halogens is 2. The maximum absolute atomic E-state index is 14.1. The van der Waals surface area contributed by atoms with Crippen molar-refractivity contribution in [3.05, 3.63) is 52.5 Å². The average Bonchev–Trinajstić information content (AvgIpc) is 2.47. The third-order valence-corrected chi connectivity index (χ3v) is 3.50. The van der Waals surface area contributed by atoms with Crippen LogP contribution in [-0.4, -0.2) is 11.5 Å². The maximum atomic E-state index is 14.1. The highest BCUT2D eigenvalue weighted by molar-refractivity contribution is 9.10. The first kappa shape index (κ1) is 15.9. The van der Waals surface area contributed by atoms with Gasteiger partial charge in [-0.25, -0.2) is 4.39 Å². The predicted octanol–water partition coefficient (Wildman–Crippen LogP) is 4.84. The molecule has 1 aromatic carbocycles. The zero-order valence-electron chi connectivity index (χ0n) is 12.1. The minimum Gasteiger partial charge on any atom is -0.453 e. The van der Waals surface area contributed by atoms with E-state index in [2.05, 4.69) is 33.2 Å². The van der Waals surface area contributed by atoms with Gasteiger partial charge in [0.15, 0.2) is 11.6 Å². The van der Waals surface area contributed by atoms with E-state index in [1.54, 1.807) is 24.5 Å². The predicted molar refractivity (Wildman–Crippen MR) is 85.1 cm³/mol. The number of hydrogen-bond donors (Lipinski definition) is 1. The molecule has 112 valence electrons. The van der Waals surface area contributed by atoms with Crippen LogP contribution in [0.3, 0.4) is 0 Å². The van der Waals surface area contributed by atoms with Crippen LogP contribution in [0.1, 0.15) is 31.9 Å². The fourth-order valence-corrected chi connectivity index (χ4v) is 2.27. The number of nitrogens with one attached hydrogen (secondary N) is 1. The average molecular weight is 353 g/mol. The van der Waals surface area contributed by atoms with E-state index < -0.39 is 0 Å². The Morgan fingerprint density at radius 3 is 2.81 bits per heavy atom. The lowest BCUT2D eigenvalue weighted by Gasteiger charge is -2.15. The summed E-state index contributed by atoms with van der Waals surface area (Å²) < 4.78 is 20.4. The van der Waals surface area contributed by atoms with Crippen molar-refractivity contribution in [1.82, 2.24) is 10.3 Å². The van der Waals surface area contributed by atoms with Crippen molar-refractivity contribution in [1.29, 1.82) is 0 Å². The van der Waals surface area contributed by atoms with Crippen molar-refractivity contribution in [3.63, 3.8) is 0 Å². The van der Waals surface area contributed by atoms with Crippen molar-refractivity contribution in [2.24, 2.45) is 0 Å². The smallest absolute Gasteiger partial charge is 0.166 e. The SMILES string of the molecule is CCCNC(C)c1ccc(Oc2cncc(Br)c2)c(F)c1. The Morgan fingerprint density at radius 1 is 1.33 bits per heavy atom. The molecule has 3 nitrogen and oxygen atoms in total. The van der Waals surface area contributed by atoms with Crippen LogP contribution in [0, 0.1) is 5.82 Å². The molecule has 5 heteroatoms. The summed E-state index contributed by atoms with van der Waals surface area (Å²) in [7, 11) is 0. The second-order valence-electron chi connectivity index (χ2n) is 4.81. The monoisotopic (exact) mass is 352 g/mol. The molecule has 1 aromatic heterocycles. The van der Waals surface area contributed by atoms with Crippen LogP contribution in [0.25, 0.3) is 0 Å². The van der Waals surface area contributed by atoms with Gasteiger partial charge in [0.2, 0.25) is 0 Å². The van der Waals surface area contributed by atoms with Crippen LogP contribution in [0.5, 0.6) is 11.5 Å². The first-order valence-corrected chi connectivity index (χ1v) is 7.70. The van der Waals surface area contributed by atoms with Crippen molar-refractivity contribution < 1.29 is 9.13 Å². The van der Waals surface area contributed by atoms with E-state index in [9.17, 15) is 4.39 Å². The molecule has 0 bridgehead atoms. The van der Waals surface area contributed by atoms with Gasteiger partial charge in [0.25, 0.3) is 0 Å². The molecular weight excluding hydrogens is 335 g/mol. The second-order valence-corrected chi connectivity index (χ2v) is 5.72. The number of hydrogen-bond acceptors (Lipinski definition) is 3. The Hall–Kier alpha value is -1.46. The van der Waals surface area contributed by atoms with Crippen molar-refractivity contribution >= 4 is 15.9 Å². The first-order chi connectivity index (χ1) is 10.1. The van der Waals surface area contributed by atoms with Gasteiger partial charge in [-0.15, -0.1) is 0 Å². The lowest BCUT2D eigenvalue weighted by molar-refractivity contribution is 0.438. The molecule has 0 saturated heterocycles. The van der Waals surface area contributed by atoms with Gasteiger partial charge in [-0.05, 0) is 59.6 Å². The van der Waals surface area contributed by atoms with Gasteiger partial charge in [0, 0.05) is 16.7 Å². The Morgan fingerprint density at radius 2 is 2.14 bits per heavy atom. The van der Waals surface area contributed by atoms with Crippen molar-refractivity contribution in [2.45, 2.75) is 26.3 Å². The van der Waals surface area contributed by atoms with Gasteiger partial charge < -0.3 is 10.1 Å². The summed E-state index contributed by atoms with van der Waals surface area (Å²) in [4.78, 5) is 3.99. The topological polar surface area (TPSA) is 34.1 Å². The molecule has 0 spiro atoms. The molecular formula is C16H18BrFN2O. The Balaban J connectivity index is 2.12. The highest BCUT2D eigenvalue weighted by Crippen LogP contribution is 2.27. The van der Waals surface area contributed by atoms with Crippen molar-refractivity contribution in [3.8, 4) is 11.5 Å². The number of aromatic nitrogens is 1. The number of benzene rings is 1. The van der Waals surface area contributed by atoms with E-state index in [0.29, 0.717) is 5.75 Å². The highest BCUT2D eigenvalue weighted by Gasteiger charge is 2.10. The van der Waals surface area contributed by atoms with Gasteiger partial charge in [-0.2, -0.15) is 0 Å². The van der Waals surface area contributed by atoms with Gasteiger partial charge >= 0.3 is 0 Å². The maximum Gasteiger partial charge on any atom is 0.166 e. The normalized spacial score (nSPS) is 12.2. The molecule has 0 amide bonds. The molecule has 1 heterocycles. The largest absolute Gasteiger partial charge is 0.453 e. The van der Waals surface area contributed by atoms with E-state index in [-0.39, 0.29) is 17.6 Å². The minimum absolute atomic E-state index is 0.112. The van der Waals surface area contributed by atoms with Crippen molar-refractivity contribution in [2.75, 3.05) is 6.54 Å². The molecule has 1 unspecified atom stereocenters. The standard InChI is InChI=1S/C16H18BrFN2O/c1-3-6-20-11(2)12-4-5-16(15(18)7-12)21-14-8-13(17)9-19-10-14/h4-5,7-11,20H,3,6H2,1-2H3. The number of pyridine rings is 1. The fraction of sp³-hybridized carbons (Fsp3) is 0.312. The molecule has 0 aliphatic heterocycles. The van der Waals surface area contributed by atoms with Crippen LogP contribution in [0.15, 0.2) is 41.1 Å². The van der Waals surface area contributed by atoms with E-state index in [1.807, 2.05) is 13.0 Å². The van der Waals surface area contributed by atoms with Crippen LogP contribution in [0.4, 0.5) is 4.39 Å². The van der Waals surface area contributed by atoms with Crippen LogP contribution in [0.2, 0.25) is 0 Å².